The molecule has 0 unspecified atom stereocenters. The van der Waals surface area contributed by atoms with Gasteiger partial charge in [0.25, 0.3) is 0 Å². The van der Waals surface area contributed by atoms with Crippen molar-refractivity contribution in [3.8, 4) is 0 Å². The molecule has 2 aromatic rings. The second-order valence-corrected chi connectivity index (χ2v) is 4.79. The third kappa shape index (κ3) is 3.88. The fraction of sp³-hybridized carbons (Fsp3) is 0.286. The first-order valence-corrected chi connectivity index (χ1v) is 6.33. The lowest BCUT2D eigenvalue weighted by Gasteiger charge is -2.10. The summed E-state index contributed by atoms with van der Waals surface area (Å²) in [5.74, 6) is -0.302. The smallest absolute Gasteiger partial charge is 0.229 e. The first-order valence-electron chi connectivity index (χ1n) is 6.33. The molecule has 6 heteroatoms. The van der Waals surface area contributed by atoms with Gasteiger partial charge >= 0.3 is 0 Å². The Morgan fingerprint density at radius 2 is 1.95 bits per heavy atom. The van der Waals surface area contributed by atoms with Crippen LogP contribution in [0, 0.1) is 17.6 Å². The van der Waals surface area contributed by atoms with Crippen LogP contribution in [-0.4, -0.2) is 16.5 Å². The van der Waals surface area contributed by atoms with E-state index in [1.54, 1.807) is 12.3 Å². The van der Waals surface area contributed by atoms with Gasteiger partial charge in [0.15, 0.2) is 11.6 Å². The topological polar surface area (TPSA) is 49.8 Å². The van der Waals surface area contributed by atoms with Crippen LogP contribution in [-0.2, 0) is 0 Å². The molecule has 1 aromatic carbocycles. The molecule has 4 nitrogen and oxygen atoms in total. The van der Waals surface area contributed by atoms with Crippen molar-refractivity contribution in [2.45, 2.75) is 13.8 Å². The van der Waals surface area contributed by atoms with Gasteiger partial charge in [0.2, 0.25) is 5.95 Å². The summed E-state index contributed by atoms with van der Waals surface area (Å²) in [7, 11) is 0. The molecule has 0 bridgehead atoms. The van der Waals surface area contributed by atoms with Crippen molar-refractivity contribution < 1.29 is 8.78 Å². The van der Waals surface area contributed by atoms with Crippen molar-refractivity contribution in [2.24, 2.45) is 5.92 Å². The van der Waals surface area contributed by atoms with E-state index in [-0.39, 0.29) is 0 Å². The summed E-state index contributed by atoms with van der Waals surface area (Å²) < 4.78 is 25.9. The Bertz CT molecular complexity index is 587. The zero-order valence-electron chi connectivity index (χ0n) is 11.3. The van der Waals surface area contributed by atoms with Gasteiger partial charge in [-0.2, -0.15) is 4.98 Å². The average molecular weight is 278 g/mol. The van der Waals surface area contributed by atoms with Crippen molar-refractivity contribution in [1.82, 2.24) is 9.97 Å². The minimum Gasteiger partial charge on any atom is -0.370 e. The quantitative estimate of drug-likeness (QED) is 0.878. The summed E-state index contributed by atoms with van der Waals surface area (Å²) in [4.78, 5) is 8.28. The molecule has 2 rings (SSSR count). The third-order valence-corrected chi connectivity index (χ3v) is 2.52. The fourth-order valence-corrected chi connectivity index (χ4v) is 1.53. The van der Waals surface area contributed by atoms with Crippen LogP contribution in [0.15, 0.2) is 30.5 Å². The van der Waals surface area contributed by atoms with Gasteiger partial charge in [-0.1, -0.05) is 13.8 Å². The van der Waals surface area contributed by atoms with E-state index in [1.165, 1.54) is 6.07 Å². The standard InChI is InChI=1S/C14H16F2N4/c1-9(2)8-18-13-5-6-17-14(20-13)19-10-3-4-11(15)12(16)7-10/h3-7,9H,8H2,1-2H3,(H2,17,18,19,20). The number of aromatic nitrogens is 2. The minimum atomic E-state index is -0.913. The Morgan fingerprint density at radius 3 is 2.65 bits per heavy atom. The summed E-state index contributed by atoms with van der Waals surface area (Å²) in [6, 6.07) is 5.29. The third-order valence-electron chi connectivity index (χ3n) is 2.52. The van der Waals surface area contributed by atoms with E-state index in [4.69, 9.17) is 0 Å². The molecule has 1 aromatic heterocycles. The molecule has 20 heavy (non-hydrogen) atoms. The lowest BCUT2D eigenvalue weighted by molar-refractivity contribution is 0.509. The largest absolute Gasteiger partial charge is 0.370 e. The van der Waals surface area contributed by atoms with Crippen LogP contribution in [0.3, 0.4) is 0 Å². The van der Waals surface area contributed by atoms with Gasteiger partial charge in [0.05, 0.1) is 0 Å². The molecule has 1 heterocycles. The molecule has 0 spiro atoms. The summed E-state index contributed by atoms with van der Waals surface area (Å²) >= 11 is 0. The lowest BCUT2D eigenvalue weighted by Crippen LogP contribution is -2.10. The van der Waals surface area contributed by atoms with Gasteiger partial charge in [0, 0.05) is 24.5 Å². The highest BCUT2D eigenvalue weighted by molar-refractivity contribution is 5.54. The molecule has 0 radical (unpaired) electrons. The molecular formula is C14H16F2N4. The average Bonchev–Trinajstić information content (AvgIpc) is 2.41. The van der Waals surface area contributed by atoms with Crippen LogP contribution in [0.25, 0.3) is 0 Å². The number of benzene rings is 1. The Hall–Kier alpha value is -2.24. The molecule has 0 atom stereocenters. The number of anilines is 3. The first kappa shape index (κ1) is 14.2. The Labute approximate surface area is 116 Å². The van der Waals surface area contributed by atoms with Crippen molar-refractivity contribution in [2.75, 3.05) is 17.2 Å². The molecule has 0 saturated heterocycles. The molecule has 0 fully saturated rings. The SMILES string of the molecule is CC(C)CNc1ccnc(Nc2ccc(F)c(F)c2)n1. The summed E-state index contributed by atoms with van der Waals surface area (Å²) in [5.41, 5.74) is 0.393. The highest BCUT2D eigenvalue weighted by Gasteiger charge is 2.05. The van der Waals surface area contributed by atoms with Crippen LogP contribution in [0.4, 0.5) is 26.2 Å². The minimum absolute atomic E-state index is 0.324. The van der Waals surface area contributed by atoms with E-state index in [1.807, 2.05) is 0 Å². The first-order chi connectivity index (χ1) is 9.54. The van der Waals surface area contributed by atoms with Crippen LogP contribution < -0.4 is 10.6 Å². The monoisotopic (exact) mass is 278 g/mol. The Kier molecular flexibility index (Phi) is 4.45. The number of halogens is 2. The van der Waals surface area contributed by atoms with E-state index in [2.05, 4.69) is 34.4 Å². The predicted molar refractivity (Wildman–Crippen MR) is 75.0 cm³/mol. The molecule has 2 N–H and O–H groups in total. The molecule has 0 amide bonds. The van der Waals surface area contributed by atoms with E-state index in [9.17, 15) is 8.78 Å². The van der Waals surface area contributed by atoms with Gasteiger partial charge in [-0.15, -0.1) is 0 Å². The Balaban J connectivity index is 2.08. The second kappa shape index (κ2) is 6.27. The van der Waals surface area contributed by atoms with E-state index in [0.717, 1.165) is 18.7 Å². The maximum absolute atomic E-state index is 13.1. The molecule has 106 valence electrons. The van der Waals surface area contributed by atoms with E-state index >= 15 is 0 Å². The van der Waals surface area contributed by atoms with Gasteiger partial charge < -0.3 is 10.6 Å². The van der Waals surface area contributed by atoms with Crippen LogP contribution in [0.1, 0.15) is 13.8 Å². The number of nitrogens with one attached hydrogen (secondary N) is 2. The van der Waals surface area contributed by atoms with Crippen LogP contribution in [0.2, 0.25) is 0 Å². The Morgan fingerprint density at radius 1 is 1.15 bits per heavy atom. The van der Waals surface area contributed by atoms with Crippen molar-refractivity contribution >= 4 is 17.5 Å². The molecule has 0 saturated carbocycles. The maximum Gasteiger partial charge on any atom is 0.229 e. The highest BCUT2D eigenvalue weighted by atomic mass is 19.2. The molecule has 0 aliphatic carbocycles. The summed E-state index contributed by atoms with van der Waals surface area (Å²) in [6.45, 7) is 4.98. The van der Waals surface area contributed by atoms with Crippen molar-refractivity contribution in [3.05, 3.63) is 42.1 Å². The van der Waals surface area contributed by atoms with Crippen molar-refractivity contribution in [1.29, 1.82) is 0 Å². The van der Waals surface area contributed by atoms with Gasteiger partial charge in [-0.05, 0) is 24.1 Å². The summed E-state index contributed by atoms with van der Waals surface area (Å²) in [6.07, 6.45) is 1.60. The zero-order chi connectivity index (χ0) is 14.5. The van der Waals surface area contributed by atoms with Gasteiger partial charge in [-0.25, -0.2) is 13.8 Å². The zero-order valence-corrected chi connectivity index (χ0v) is 11.3. The number of rotatable bonds is 5. The van der Waals surface area contributed by atoms with Gasteiger partial charge in [0.1, 0.15) is 5.82 Å². The van der Waals surface area contributed by atoms with E-state index in [0.29, 0.717) is 23.4 Å². The van der Waals surface area contributed by atoms with Crippen molar-refractivity contribution in [3.63, 3.8) is 0 Å². The fourth-order valence-electron chi connectivity index (χ4n) is 1.53. The second-order valence-electron chi connectivity index (χ2n) is 4.79. The maximum atomic E-state index is 13.1. The molecular weight excluding hydrogens is 262 g/mol. The highest BCUT2D eigenvalue weighted by Crippen LogP contribution is 2.17. The number of nitrogens with zero attached hydrogens (tertiary/aromatic N) is 2. The molecule has 0 aliphatic rings. The normalized spacial score (nSPS) is 10.7. The molecule has 0 aliphatic heterocycles. The van der Waals surface area contributed by atoms with Crippen LogP contribution >= 0.6 is 0 Å². The lowest BCUT2D eigenvalue weighted by atomic mass is 10.2. The van der Waals surface area contributed by atoms with E-state index < -0.39 is 11.6 Å². The predicted octanol–water partition coefficient (Wildman–Crippen LogP) is 3.57. The number of hydrogen-bond donors (Lipinski definition) is 2. The van der Waals surface area contributed by atoms with Gasteiger partial charge in [-0.3, -0.25) is 0 Å². The van der Waals surface area contributed by atoms with Crippen LogP contribution in [0.5, 0.6) is 0 Å². The summed E-state index contributed by atoms with van der Waals surface area (Å²) in [5, 5.41) is 6.00. The number of hydrogen-bond acceptors (Lipinski definition) is 4.